The van der Waals surface area contributed by atoms with Gasteiger partial charge in [-0.05, 0) is 19.1 Å². The van der Waals surface area contributed by atoms with Crippen LogP contribution in [0.5, 0.6) is 0 Å². The summed E-state index contributed by atoms with van der Waals surface area (Å²) in [5.74, 6) is -0.213. The van der Waals surface area contributed by atoms with Crippen LogP contribution in [0.4, 0.5) is 0 Å². The highest BCUT2D eigenvalue weighted by atomic mass is 16.1. The molecule has 0 fully saturated rings. The van der Waals surface area contributed by atoms with E-state index in [9.17, 15) is 9.59 Å². The van der Waals surface area contributed by atoms with Crippen LogP contribution in [0.1, 0.15) is 15.9 Å². The topological polar surface area (TPSA) is 76.9 Å². The zero-order valence-electron chi connectivity index (χ0n) is 12.7. The molecule has 0 radical (unpaired) electrons. The molecule has 1 aromatic carbocycles. The number of carbonyl (C=O) groups excluding carboxylic acids is 1. The predicted octanol–water partition coefficient (Wildman–Crippen LogP) is 1.53. The molecule has 2 heterocycles. The molecule has 116 valence electrons. The van der Waals surface area contributed by atoms with Crippen LogP contribution in [0.3, 0.4) is 0 Å². The number of aromatic nitrogens is 3. The molecule has 0 aliphatic carbocycles. The fraction of sp³-hybridized carbons (Fsp3) is 0.176. The maximum absolute atomic E-state index is 12.3. The van der Waals surface area contributed by atoms with Crippen LogP contribution >= 0.6 is 0 Å². The highest BCUT2D eigenvalue weighted by Crippen LogP contribution is 2.14. The van der Waals surface area contributed by atoms with Crippen molar-refractivity contribution in [2.24, 2.45) is 0 Å². The molecule has 0 aliphatic rings. The Labute approximate surface area is 132 Å². The fourth-order valence-electron chi connectivity index (χ4n) is 2.42. The van der Waals surface area contributed by atoms with Crippen molar-refractivity contribution < 1.29 is 4.79 Å². The van der Waals surface area contributed by atoms with Gasteiger partial charge in [0.15, 0.2) is 0 Å². The third-order valence-corrected chi connectivity index (χ3v) is 3.63. The van der Waals surface area contributed by atoms with E-state index in [0.717, 1.165) is 5.39 Å². The van der Waals surface area contributed by atoms with E-state index in [2.05, 4.69) is 15.3 Å². The van der Waals surface area contributed by atoms with Crippen molar-refractivity contribution in [1.82, 2.24) is 19.9 Å². The monoisotopic (exact) mass is 308 g/mol. The Morgan fingerprint density at radius 1 is 1.26 bits per heavy atom. The molecule has 0 saturated carbocycles. The molecular formula is C17H16N4O2. The van der Waals surface area contributed by atoms with E-state index in [1.807, 2.05) is 12.1 Å². The number of hydrogen-bond donors (Lipinski definition) is 1. The summed E-state index contributed by atoms with van der Waals surface area (Å²) in [7, 11) is 0. The summed E-state index contributed by atoms with van der Waals surface area (Å²) < 4.78 is 1.58. The van der Waals surface area contributed by atoms with Crippen molar-refractivity contribution in [3.05, 3.63) is 70.5 Å². The van der Waals surface area contributed by atoms with Gasteiger partial charge in [-0.2, -0.15) is 0 Å². The maximum atomic E-state index is 12.3. The summed E-state index contributed by atoms with van der Waals surface area (Å²) in [5.41, 5.74) is 1.76. The molecule has 1 N–H and O–H groups in total. The Balaban J connectivity index is 1.72. The lowest BCUT2D eigenvalue weighted by Crippen LogP contribution is -2.31. The van der Waals surface area contributed by atoms with E-state index >= 15 is 0 Å². The summed E-state index contributed by atoms with van der Waals surface area (Å²) >= 11 is 0. The minimum absolute atomic E-state index is 0.0420. The van der Waals surface area contributed by atoms with Crippen LogP contribution in [0.25, 0.3) is 10.9 Å². The zero-order chi connectivity index (χ0) is 16.2. The average Bonchev–Trinajstić information content (AvgIpc) is 2.58. The molecule has 0 aliphatic heterocycles. The van der Waals surface area contributed by atoms with Gasteiger partial charge in [-0.3, -0.25) is 9.59 Å². The molecule has 1 amide bonds. The number of para-hydroxylation sites is 1. The number of nitrogens with zero attached hydrogens (tertiary/aromatic N) is 3. The second-order valence-corrected chi connectivity index (χ2v) is 5.21. The normalized spacial score (nSPS) is 10.7. The Kier molecular flexibility index (Phi) is 4.14. The van der Waals surface area contributed by atoms with Gasteiger partial charge in [0, 0.05) is 36.4 Å². The van der Waals surface area contributed by atoms with Crippen molar-refractivity contribution in [3.8, 4) is 0 Å². The minimum Gasteiger partial charge on any atom is -0.350 e. The zero-order valence-corrected chi connectivity index (χ0v) is 12.7. The van der Waals surface area contributed by atoms with Gasteiger partial charge in [-0.1, -0.05) is 18.2 Å². The molecule has 3 aromatic rings. The van der Waals surface area contributed by atoms with Crippen molar-refractivity contribution in [3.63, 3.8) is 0 Å². The van der Waals surface area contributed by atoms with E-state index in [-0.39, 0.29) is 11.5 Å². The first kappa shape index (κ1) is 14.9. The molecular weight excluding hydrogens is 292 g/mol. The number of carbonyl (C=O) groups is 1. The number of benzene rings is 1. The molecule has 0 spiro atoms. The first-order valence-corrected chi connectivity index (χ1v) is 7.30. The second-order valence-electron chi connectivity index (χ2n) is 5.21. The fourth-order valence-corrected chi connectivity index (χ4v) is 2.42. The van der Waals surface area contributed by atoms with Crippen LogP contribution in [-0.4, -0.2) is 27.0 Å². The van der Waals surface area contributed by atoms with E-state index in [4.69, 9.17) is 0 Å². The first-order valence-electron chi connectivity index (χ1n) is 7.30. The average molecular weight is 308 g/mol. The van der Waals surface area contributed by atoms with Gasteiger partial charge in [0.25, 0.3) is 11.5 Å². The third-order valence-electron chi connectivity index (χ3n) is 3.63. The predicted molar refractivity (Wildman–Crippen MR) is 87.3 cm³/mol. The Morgan fingerprint density at radius 3 is 3.00 bits per heavy atom. The number of pyridine rings is 1. The molecule has 23 heavy (non-hydrogen) atoms. The van der Waals surface area contributed by atoms with Crippen molar-refractivity contribution >= 4 is 16.8 Å². The van der Waals surface area contributed by atoms with Crippen LogP contribution in [-0.2, 0) is 6.54 Å². The molecule has 0 atom stereocenters. The van der Waals surface area contributed by atoms with Crippen molar-refractivity contribution in [2.75, 3.05) is 6.54 Å². The van der Waals surface area contributed by atoms with Crippen LogP contribution in [0, 0.1) is 6.92 Å². The van der Waals surface area contributed by atoms with Gasteiger partial charge < -0.3 is 9.88 Å². The lowest BCUT2D eigenvalue weighted by Gasteiger charge is -2.09. The summed E-state index contributed by atoms with van der Waals surface area (Å²) in [5, 5.41) is 3.64. The molecule has 2 aromatic heterocycles. The minimum atomic E-state index is -0.213. The van der Waals surface area contributed by atoms with E-state index in [1.54, 1.807) is 42.1 Å². The molecule has 0 bridgehead atoms. The first-order chi connectivity index (χ1) is 11.2. The number of fused-ring (bicyclic) bond motifs is 1. The second kappa shape index (κ2) is 6.39. The van der Waals surface area contributed by atoms with E-state index in [0.29, 0.717) is 29.7 Å². The van der Waals surface area contributed by atoms with Gasteiger partial charge in [-0.25, -0.2) is 9.97 Å². The van der Waals surface area contributed by atoms with Gasteiger partial charge in [-0.15, -0.1) is 0 Å². The smallest absolute Gasteiger partial charge is 0.253 e. The standard InChI is InChI=1S/C17H16N4O2/c1-12-4-3-8-21(17(12)23)9-7-19-16(22)14-6-2-5-13-10-18-11-20-15(13)14/h2-6,8,10-11H,7,9H2,1H3,(H,19,22). The molecule has 0 saturated heterocycles. The van der Waals surface area contributed by atoms with Gasteiger partial charge in [0.1, 0.15) is 6.33 Å². The molecule has 0 unspecified atom stereocenters. The van der Waals surface area contributed by atoms with Crippen LogP contribution in [0.2, 0.25) is 0 Å². The molecule has 6 heteroatoms. The molecule has 3 rings (SSSR count). The summed E-state index contributed by atoms with van der Waals surface area (Å²) in [4.78, 5) is 32.4. The number of hydrogen-bond acceptors (Lipinski definition) is 4. The van der Waals surface area contributed by atoms with E-state index < -0.39 is 0 Å². The largest absolute Gasteiger partial charge is 0.350 e. The number of rotatable bonds is 4. The summed E-state index contributed by atoms with van der Waals surface area (Å²) in [6.45, 7) is 2.56. The summed E-state index contributed by atoms with van der Waals surface area (Å²) in [6, 6.07) is 8.97. The quantitative estimate of drug-likeness (QED) is 0.793. The lowest BCUT2D eigenvalue weighted by atomic mass is 10.1. The van der Waals surface area contributed by atoms with Crippen LogP contribution in [0.15, 0.2) is 53.8 Å². The van der Waals surface area contributed by atoms with Gasteiger partial charge in [0.2, 0.25) is 0 Å². The molecule has 6 nitrogen and oxygen atoms in total. The Morgan fingerprint density at radius 2 is 2.13 bits per heavy atom. The highest BCUT2D eigenvalue weighted by molar-refractivity contribution is 6.05. The number of aryl methyl sites for hydroxylation is 1. The lowest BCUT2D eigenvalue weighted by molar-refractivity contribution is 0.0953. The van der Waals surface area contributed by atoms with Gasteiger partial charge in [0.05, 0.1) is 11.1 Å². The third kappa shape index (κ3) is 3.11. The van der Waals surface area contributed by atoms with Crippen molar-refractivity contribution in [2.45, 2.75) is 13.5 Å². The van der Waals surface area contributed by atoms with Crippen molar-refractivity contribution in [1.29, 1.82) is 0 Å². The maximum Gasteiger partial charge on any atom is 0.253 e. The van der Waals surface area contributed by atoms with Crippen LogP contribution < -0.4 is 10.9 Å². The number of nitrogens with one attached hydrogen (secondary N) is 1. The Bertz CT molecular complexity index is 912. The SMILES string of the molecule is Cc1cccn(CCNC(=O)c2cccc3cncnc23)c1=O. The summed E-state index contributed by atoms with van der Waals surface area (Å²) in [6.07, 6.45) is 4.81. The Hall–Kier alpha value is -3.02. The number of amides is 1. The van der Waals surface area contributed by atoms with E-state index in [1.165, 1.54) is 6.33 Å². The highest BCUT2D eigenvalue weighted by Gasteiger charge is 2.10. The van der Waals surface area contributed by atoms with Gasteiger partial charge >= 0.3 is 0 Å².